The molecule has 0 aliphatic rings. The second kappa shape index (κ2) is 8.15. The maximum absolute atomic E-state index is 14.2. The summed E-state index contributed by atoms with van der Waals surface area (Å²) in [6.45, 7) is 4.31. The van der Waals surface area contributed by atoms with Gasteiger partial charge in [0.05, 0.1) is 18.0 Å². The molecule has 0 saturated carbocycles. The number of carbonyl (C=O) groups excluding carboxylic acids is 1. The van der Waals surface area contributed by atoms with Gasteiger partial charge in [0.25, 0.3) is 11.5 Å². The van der Waals surface area contributed by atoms with Crippen LogP contribution in [0.2, 0.25) is 0 Å². The Labute approximate surface area is 163 Å². The van der Waals surface area contributed by atoms with Gasteiger partial charge in [-0.05, 0) is 39.0 Å². The molecule has 2 aromatic rings. The van der Waals surface area contributed by atoms with Crippen molar-refractivity contribution in [2.75, 3.05) is 11.9 Å². The minimum atomic E-state index is -1.02. The molecule has 0 bridgehead atoms. The Kier molecular flexibility index (Phi) is 6.34. The second-order valence-corrected chi connectivity index (χ2v) is 7.39. The number of benzene rings is 1. The fourth-order valence-electron chi connectivity index (χ4n) is 2.08. The van der Waals surface area contributed by atoms with Crippen molar-refractivity contribution in [2.45, 2.75) is 26.4 Å². The number of aryl methyl sites for hydroxylation is 1. The highest BCUT2D eigenvalue weighted by molar-refractivity contribution is 9.10. The van der Waals surface area contributed by atoms with Crippen LogP contribution in [-0.4, -0.2) is 33.0 Å². The number of hydrogen-bond acceptors (Lipinski definition) is 6. The fourth-order valence-corrected chi connectivity index (χ4v) is 2.41. The van der Waals surface area contributed by atoms with Crippen molar-refractivity contribution in [1.82, 2.24) is 15.3 Å². The van der Waals surface area contributed by atoms with Gasteiger partial charge in [-0.15, -0.1) is 0 Å². The number of aliphatic hydroxyl groups is 1. The highest BCUT2D eigenvalue weighted by atomic mass is 79.9. The van der Waals surface area contributed by atoms with E-state index in [2.05, 4.69) is 31.8 Å². The van der Waals surface area contributed by atoms with E-state index in [-0.39, 0.29) is 29.2 Å². The van der Waals surface area contributed by atoms with E-state index in [9.17, 15) is 19.1 Å². The molecule has 0 atom stereocenters. The molecule has 1 amide bonds. The van der Waals surface area contributed by atoms with Crippen molar-refractivity contribution in [1.29, 1.82) is 0 Å². The quantitative estimate of drug-likeness (QED) is 0.592. The first-order valence-corrected chi connectivity index (χ1v) is 8.74. The predicted molar refractivity (Wildman–Crippen MR) is 101 cm³/mol. The van der Waals surface area contributed by atoms with Crippen molar-refractivity contribution < 1.29 is 19.1 Å². The van der Waals surface area contributed by atoms with Crippen LogP contribution in [0.15, 0.2) is 27.5 Å². The topological polar surface area (TPSA) is 105 Å². The molecular formula is C17H20BrFN4O4. The van der Waals surface area contributed by atoms with E-state index in [0.29, 0.717) is 4.47 Å². The Hall–Kier alpha value is -2.30. The lowest BCUT2D eigenvalue weighted by atomic mass is 10.1. The summed E-state index contributed by atoms with van der Waals surface area (Å²) in [5, 5.41) is 15.9. The Balaban J connectivity index is 2.45. The van der Waals surface area contributed by atoms with Crippen LogP contribution in [0.1, 0.15) is 29.9 Å². The standard InChI is InChI=1S/C17H20BrFN4O4/c1-9-13(20-12-6-5-10(18)7-11(12)19)14(21-23(4)16(9)26)15(25)22-27-17(2,3)8-24/h5-7,20,24H,8H2,1-4H3,(H,22,25). The van der Waals surface area contributed by atoms with Crippen molar-refractivity contribution in [3.8, 4) is 0 Å². The van der Waals surface area contributed by atoms with Crippen LogP contribution in [-0.2, 0) is 11.9 Å². The van der Waals surface area contributed by atoms with Crippen LogP contribution in [0.4, 0.5) is 15.8 Å². The number of nitrogens with one attached hydrogen (secondary N) is 2. The zero-order valence-electron chi connectivity index (χ0n) is 15.3. The molecule has 1 aromatic heterocycles. The molecule has 0 fully saturated rings. The number of aliphatic hydroxyl groups excluding tert-OH is 1. The summed E-state index contributed by atoms with van der Waals surface area (Å²) < 4.78 is 15.7. The first kappa shape index (κ1) is 21.0. The number of hydroxylamine groups is 1. The van der Waals surface area contributed by atoms with Gasteiger partial charge in [-0.2, -0.15) is 5.10 Å². The summed E-state index contributed by atoms with van der Waals surface area (Å²) in [4.78, 5) is 29.9. The zero-order valence-corrected chi connectivity index (χ0v) is 16.8. The van der Waals surface area contributed by atoms with Crippen LogP contribution >= 0.6 is 15.9 Å². The molecule has 0 spiro atoms. The van der Waals surface area contributed by atoms with Gasteiger partial charge in [-0.25, -0.2) is 14.6 Å². The number of halogens is 2. The summed E-state index contributed by atoms with van der Waals surface area (Å²) in [6, 6.07) is 4.32. The lowest BCUT2D eigenvalue weighted by molar-refractivity contribution is -0.0957. The van der Waals surface area contributed by atoms with E-state index in [0.717, 1.165) is 4.68 Å². The highest BCUT2D eigenvalue weighted by Crippen LogP contribution is 2.26. The van der Waals surface area contributed by atoms with Gasteiger partial charge in [0.1, 0.15) is 11.4 Å². The Morgan fingerprint density at radius 3 is 2.70 bits per heavy atom. The van der Waals surface area contributed by atoms with Gasteiger partial charge in [0.2, 0.25) is 0 Å². The predicted octanol–water partition coefficient (Wildman–Crippen LogP) is 2.17. The molecule has 8 nitrogen and oxygen atoms in total. The number of nitrogens with zero attached hydrogens (tertiary/aromatic N) is 2. The molecule has 10 heteroatoms. The van der Waals surface area contributed by atoms with Gasteiger partial charge in [-0.1, -0.05) is 15.9 Å². The van der Waals surface area contributed by atoms with Crippen molar-refractivity contribution in [3.05, 3.63) is 50.1 Å². The average molecular weight is 443 g/mol. The zero-order chi connectivity index (χ0) is 20.4. The third kappa shape index (κ3) is 4.90. The molecule has 0 aliphatic heterocycles. The fraction of sp³-hybridized carbons (Fsp3) is 0.353. The first-order valence-electron chi connectivity index (χ1n) is 7.95. The highest BCUT2D eigenvalue weighted by Gasteiger charge is 2.24. The Morgan fingerprint density at radius 1 is 1.44 bits per heavy atom. The van der Waals surface area contributed by atoms with E-state index in [1.54, 1.807) is 19.9 Å². The molecule has 3 N–H and O–H groups in total. The van der Waals surface area contributed by atoms with Gasteiger partial charge in [0, 0.05) is 17.1 Å². The van der Waals surface area contributed by atoms with E-state index in [1.165, 1.54) is 26.1 Å². The summed E-state index contributed by atoms with van der Waals surface area (Å²) in [5.41, 5.74) is 0.887. The molecular weight excluding hydrogens is 423 g/mol. The maximum Gasteiger partial charge on any atom is 0.297 e. The largest absolute Gasteiger partial charge is 0.393 e. The van der Waals surface area contributed by atoms with Crippen molar-refractivity contribution >= 4 is 33.2 Å². The molecule has 146 valence electrons. The molecule has 1 heterocycles. The second-order valence-electron chi connectivity index (χ2n) is 6.48. The SMILES string of the molecule is Cc1c(Nc2ccc(Br)cc2F)c(C(=O)NOC(C)(C)CO)nn(C)c1=O. The van der Waals surface area contributed by atoms with E-state index >= 15 is 0 Å². The van der Waals surface area contributed by atoms with E-state index in [4.69, 9.17) is 4.84 Å². The van der Waals surface area contributed by atoms with Crippen molar-refractivity contribution in [2.24, 2.45) is 7.05 Å². The average Bonchev–Trinajstić information content (AvgIpc) is 2.61. The van der Waals surface area contributed by atoms with Crippen LogP contribution in [0.5, 0.6) is 0 Å². The molecule has 0 radical (unpaired) electrons. The minimum absolute atomic E-state index is 0.0576. The normalized spacial score (nSPS) is 11.4. The third-order valence-electron chi connectivity index (χ3n) is 3.68. The van der Waals surface area contributed by atoms with Crippen LogP contribution in [0.3, 0.4) is 0 Å². The lowest BCUT2D eigenvalue weighted by Crippen LogP contribution is -2.40. The molecule has 27 heavy (non-hydrogen) atoms. The monoisotopic (exact) mass is 442 g/mol. The molecule has 2 rings (SSSR count). The summed E-state index contributed by atoms with van der Waals surface area (Å²) in [7, 11) is 1.40. The number of aromatic nitrogens is 2. The van der Waals surface area contributed by atoms with Gasteiger partial charge >= 0.3 is 0 Å². The molecule has 1 aromatic carbocycles. The number of anilines is 2. The van der Waals surface area contributed by atoms with Crippen LogP contribution in [0.25, 0.3) is 0 Å². The lowest BCUT2D eigenvalue weighted by Gasteiger charge is -2.22. The number of carbonyl (C=O) groups is 1. The number of hydrogen-bond donors (Lipinski definition) is 3. The third-order valence-corrected chi connectivity index (χ3v) is 4.18. The molecule has 0 saturated heterocycles. The Bertz CT molecular complexity index is 930. The summed E-state index contributed by atoms with van der Waals surface area (Å²) in [5.74, 6) is -1.33. The summed E-state index contributed by atoms with van der Waals surface area (Å²) >= 11 is 3.17. The van der Waals surface area contributed by atoms with E-state index < -0.39 is 22.9 Å². The first-order chi connectivity index (χ1) is 12.6. The molecule has 0 unspecified atom stereocenters. The van der Waals surface area contributed by atoms with Gasteiger partial charge in [-0.3, -0.25) is 14.4 Å². The van der Waals surface area contributed by atoms with Gasteiger partial charge < -0.3 is 10.4 Å². The number of amides is 1. The van der Waals surface area contributed by atoms with E-state index in [1.807, 2.05) is 0 Å². The Morgan fingerprint density at radius 2 is 2.11 bits per heavy atom. The van der Waals surface area contributed by atoms with Gasteiger partial charge in [0.15, 0.2) is 5.69 Å². The van der Waals surface area contributed by atoms with Crippen molar-refractivity contribution in [3.63, 3.8) is 0 Å². The van der Waals surface area contributed by atoms with Crippen LogP contribution in [0, 0.1) is 12.7 Å². The smallest absolute Gasteiger partial charge is 0.297 e. The minimum Gasteiger partial charge on any atom is -0.393 e. The van der Waals surface area contributed by atoms with Crippen LogP contribution < -0.4 is 16.4 Å². The maximum atomic E-state index is 14.2. The molecule has 0 aliphatic carbocycles. The summed E-state index contributed by atoms with van der Waals surface area (Å²) in [6.07, 6.45) is 0. The number of rotatable bonds is 6.